The molecule has 4 atom stereocenters. The smallest absolute Gasteiger partial charge is 0.254 e. The van der Waals surface area contributed by atoms with E-state index in [-0.39, 0.29) is 17.7 Å². The van der Waals surface area contributed by atoms with Gasteiger partial charge < -0.3 is 23.7 Å². The van der Waals surface area contributed by atoms with Gasteiger partial charge in [0.25, 0.3) is 11.8 Å². The molecule has 3 unspecified atom stereocenters. The summed E-state index contributed by atoms with van der Waals surface area (Å²) in [7, 11) is 1.67. The lowest BCUT2D eigenvalue weighted by Gasteiger charge is -2.52. The first-order valence-electron chi connectivity index (χ1n) is 18.2. The number of pyridine rings is 2. The van der Waals surface area contributed by atoms with Gasteiger partial charge in [0.15, 0.2) is 5.82 Å². The molecule has 0 N–H and O–H groups in total. The number of methoxy groups -OCH3 is 1. The quantitative estimate of drug-likeness (QED) is 0.187. The largest absolute Gasteiger partial charge is 0.494 e. The highest BCUT2D eigenvalue weighted by molar-refractivity contribution is 6.00. The van der Waals surface area contributed by atoms with Crippen LogP contribution in [0.3, 0.4) is 0 Å². The Morgan fingerprint density at radius 3 is 2.46 bits per heavy atom. The van der Waals surface area contributed by atoms with Crippen LogP contribution in [0.4, 0.5) is 4.39 Å². The third-order valence-corrected chi connectivity index (χ3v) is 12.4. The second-order valence-electron chi connectivity index (χ2n) is 15.3. The molecular formula is C39H40FN7O3. The highest BCUT2D eigenvalue weighted by Crippen LogP contribution is 2.60. The number of ether oxygens (including phenoxy) is 1. The van der Waals surface area contributed by atoms with Gasteiger partial charge in [-0.25, -0.2) is 15.0 Å². The summed E-state index contributed by atoms with van der Waals surface area (Å²) in [5.74, 6) is 3.82. The van der Waals surface area contributed by atoms with Gasteiger partial charge in [-0.3, -0.25) is 9.59 Å². The fraction of sp³-hybridized carbons (Fsp3) is 0.462. The van der Waals surface area contributed by atoms with Crippen LogP contribution in [0.1, 0.15) is 59.2 Å². The number of piperidine rings is 1. The Morgan fingerprint density at radius 2 is 1.70 bits per heavy atom. The van der Waals surface area contributed by atoms with Crippen LogP contribution in [0.5, 0.6) is 5.75 Å². The standard InChI is InChI=1S/C39H40FN7O3/c1-50-32-17-27(39(49)46-21-28-13-26-16-30(46)34(26)28)14-29-35(32)47(20-23-7-11-44(12-8-23)38(48)25-6-10-41-33(40)18-25)37(43-29)31-15-24-3-2-9-42-36(24)45(31)19-22-4-5-22/h2-3,6,9-10,14-15,17-18,22-23,26,28,30,34H,4-5,7-8,11-13,16,19-21H2,1H3/t26?,28?,30?,34-/m1/s1. The van der Waals surface area contributed by atoms with E-state index < -0.39 is 5.95 Å². The van der Waals surface area contributed by atoms with Crippen molar-refractivity contribution in [2.75, 3.05) is 26.7 Å². The van der Waals surface area contributed by atoms with Crippen molar-refractivity contribution in [1.82, 2.24) is 33.9 Å². The molecule has 10 rings (SSSR count). The van der Waals surface area contributed by atoms with Gasteiger partial charge in [-0.05, 0) is 105 Å². The fourth-order valence-corrected chi connectivity index (χ4v) is 9.56. The molecular weight excluding hydrogens is 633 g/mol. The third-order valence-electron chi connectivity index (χ3n) is 12.4. The molecule has 5 aromatic rings. The molecule has 256 valence electrons. The molecule has 2 amide bonds. The lowest BCUT2D eigenvalue weighted by molar-refractivity contribution is -0.0204. The van der Waals surface area contributed by atoms with Crippen molar-refractivity contribution in [3.05, 3.63) is 71.9 Å². The number of carbonyl (C=O) groups is 2. The van der Waals surface area contributed by atoms with Crippen LogP contribution in [0, 0.1) is 35.5 Å². The van der Waals surface area contributed by atoms with E-state index in [1.54, 1.807) is 13.2 Å². The Kier molecular flexibility index (Phi) is 6.83. The van der Waals surface area contributed by atoms with E-state index in [2.05, 4.69) is 31.2 Å². The van der Waals surface area contributed by atoms with Gasteiger partial charge in [0.05, 0.1) is 18.3 Å². The number of rotatable bonds is 8. The molecule has 1 aromatic carbocycles. The number of hydrogen-bond donors (Lipinski definition) is 0. The molecule has 4 aromatic heterocycles. The summed E-state index contributed by atoms with van der Waals surface area (Å²) in [6.45, 7) is 3.58. The zero-order valence-corrected chi connectivity index (χ0v) is 28.2. The zero-order valence-electron chi connectivity index (χ0n) is 28.2. The van der Waals surface area contributed by atoms with E-state index in [4.69, 9.17) is 14.7 Å². The van der Waals surface area contributed by atoms with E-state index in [0.717, 1.165) is 71.9 Å². The van der Waals surface area contributed by atoms with Gasteiger partial charge in [0, 0.05) is 73.7 Å². The maximum Gasteiger partial charge on any atom is 0.254 e. The van der Waals surface area contributed by atoms with Crippen molar-refractivity contribution in [3.63, 3.8) is 0 Å². The summed E-state index contributed by atoms with van der Waals surface area (Å²) < 4.78 is 24.5. The Balaban J connectivity index is 1.03. The van der Waals surface area contributed by atoms with Gasteiger partial charge in [0.1, 0.15) is 16.9 Å². The van der Waals surface area contributed by atoms with Gasteiger partial charge in [-0.15, -0.1) is 0 Å². The van der Waals surface area contributed by atoms with Crippen LogP contribution in [0.2, 0.25) is 0 Å². The fourth-order valence-electron chi connectivity index (χ4n) is 9.56. The number of halogens is 1. The van der Waals surface area contributed by atoms with Crippen LogP contribution in [0.15, 0.2) is 54.9 Å². The molecule has 2 aliphatic heterocycles. The molecule has 3 saturated carbocycles. The lowest BCUT2D eigenvalue weighted by atomic mass is 9.53. The normalized spacial score (nSPS) is 24.4. The van der Waals surface area contributed by atoms with Crippen molar-refractivity contribution in [3.8, 4) is 17.3 Å². The molecule has 3 aliphatic carbocycles. The Labute approximate surface area is 289 Å². The van der Waals surface area contributed by atoms with E-state index >= 15 is 0 Å². The maximum atomic E-state index is 14.1. The predicted molar refractivity (Wildman–Crippen MR) is 185 cm³/mol. The number of amides is 2. The van der Waals surface area contributed by atoms with Crippen molar-refractivity contribution in [2.24, 2.45) is 29.6 Å². The molecule has 0 radical (unpaired) electrons. The summed E-state index contributed by atoms with van der Waals surface area (Å²) in [6, 6.07) is 13.3. The van der Waals surface area contributed by atoms with Crippen LogP contribution in [0.25, 0.3) is 33.6 Å². The van der Waals surface area contributed by atoms with Gasteiger partial charge >= 0.3 is 0 Å². The topological polar surface area (TPSA) is 98.4 Å². The first-order chi connectivity index (χ1) is 24.4. The number of carbonyl (C=O) groups excluding carboxylic acids is 2. The first-order valence-corrected chi connectivity index (χ1v) is 18.2. The van der Waals surface area contributed by atoms with E-state index in [1.807, 2.05) is 29.3 Å². The molecule has 0 bridgehead atoms. The number of nitrogens with zero attached hydrogens (tertiary/aromatic N) is 7. The molecule has 11 heteroatoms. The highest BCUT2D eigenvalue weighted by atomic mass is 19.1. The predicted octanol–water partition coefficient (Wildman–Crippen LogP) is 6.04. The summed E-state index contributed by atoms with van der Waals surface area (Å²) in [5.41, 5.74) is 4.56. The molecule has 5 aliphatic rings. The molecule has 0 spiro atoms. The third kappa shape index (κ3) is 4.75. The first kappa shape index (κ1) is 30.1. The molecule has 10 nitrogen and oxygen atoms in total. The van der Waals surface area contributed by atoms with Gasteiger partial charge in [-0.2, -0.15) is 4.39 Å². The van der Waals surface area contributed by atoms with Crippen molar-refractivity contribution >= 4 is 33.9 Å². The lowest BCUT2D eigenvalue weighted by Crippen LogP contribution is -2.53. The van der Waals surface area contributed by atoms with Crippen LogP contribution in [-0.2, 0) is 13.1 Å². The van der Waals surface area contributed by atoms with Crippen LogP contribution in [-0.4, -0.2) is 78.5 Å². The van der Waals surface area contributed by atoms with Crippen LogP contribution < -0.4 is 4.74 Å². The molecule has 5 fully saturated rings. The summed E-state index contributed by atoms with van der Waals surface area (Å²) in [4.78, 5) is 44.9. The number of aromatic nitrogens is 5. The molecule has 6 heterocycles. The average Bonchev–Trinajstić information content (AvgIpc) is 3.78. The molecule has 2 saturated heterocycles. The summed E-state index contributed by atoms with van der Waals surface area (Å²) in [6.07, 6.45) is 9.60. The number of hydrogen-bond acceptors (Lipinski definition) is 6. The van der Waals surface area contributed by atoms with Crippen LogP contribution >= 0.6 is 0 Å². The minimum atomic E-state index is -0.650. The Hall–Kier alpha value is -4.80. The van der Waals surface area contributed by atoms with E-state index in [9.17, 15) is 14.0 Å². The average molecular weight is 674 g/mol. The molecule has 50 heavy (non-hydrogen) atoms. The summed E-state index contributed by atoms with van der Waals surface area (Å²) >= 11 is 0. The van der Waals surface area contributed by atoms with E-state index in [1.165, 1.54) is 31.5 Å². The zero-order chi connectivity index (χ0) is 33.7. The second-order valence-corrected chi connectivity index (χ2v) is 15.3. The Bertz CT molecular complexity index is 2180. The minimum absolute atomic E-state index is 0.0808. The minimum Gasteiger partial charge on any atom is -0.494 e. The SMILES string of the molecule is COc1cc(C(=O)N2CC3CC4CC2[C@H]43)cc2nc(-c3cc4cccnc4n3CC3CC3)n(CC3CCN(C(=O)c4ccnc(F)c4)CC3)c12. The van der Waals surface area contributed by atoms with E-state index in [0.29, 0.717) is 60.3 Å². The van der Waals surface area contributed by atoms with Crippen molar-refractivity contribution in [2.45, 2.75) is 57.7 Å². The maximum absolute atomic E-state index is 14.1. The summed E-state index contributed by atoms with van der Waals surface area (Å²) in [5, 5.41) is 1.08. The number of fused-ring (bicyclic) bond motifs is 2. The Morgan fingerprint density at radius 1 is 0.880 bits per heavy atom. The monoisotopic (exact) mass is 673 g/mol. The highest BCUT2D eigenvalue weighted by Gasteiger charge is 2.61. The van der Waals surface area contributed by atoms with Crippen molar-refractivity contribution < 1.29 is 18.7 Å². The van der Waals surface area contributed by atoms with Gasteiger partial charge in [-0.1, -0.05) is 0 Å². The van der Waals surface area contributed by atoms with Gasteiger partial charge in [0.2, 0.25) is 5.95 Å². The second kappa shape index (κ2) is 11.4. The number of benzene rings is 1. The number of imidazole rings is 1. The number of likely N-dealkylation sites (tertiary alicyclic amines) is 2. The van der Waals surface area contributed by atoms with Crippen molar-refractivity contribution in [1.29, 1.82) is 0 Å².